The standard InChI is InChI=1S/C14H28N2O2/c1-6-8-9-10-11-12(7-2)15-16-13(17)18-14(3,4)5/h6-11H2,1-5H3,(H,16,17). The molecule has 0 spiro atoms. The Hall–Kier alpha value is -1.06. The molecule has 1 amide bonds. The van der Waals surface area contributed by atoms with Crippen molar-refractivity contribution in [2.75, 3.05) is 0 Å². The summed E-state index contributed by atoms with van der Waals surface area (Å²) in [5.41, 5.74) is 3.00. The number of nitrogens with one attached hydrogen (secondary N) is 1. The molecule has 0 rings (SSSR count). The first-order valence-electron chi connectivity index (χ1n) is 6.93. The van der Waals surface area contributed by atoms with Crippen LogP contribution in [-0.2, 0) is 4.74 Å². The molecule has 0 aromatic heterocycles. The molecular weight excluding hydrogens is 228 g/mol. The minimum Gasteiger partial charge on any atom is -0.443 e. The molecule has 4 heteroatoms. The number of hydrazone groups is 1. The van der Waals surface area contributed by atoms with Gasteiger partial charge in [-0.25, -0.2) is 10.2 Å². The number of carbonyl (C=O) groups is 1. The summed E-state index contributed by atoms with van der Waals surface area (Å²) in [6.45, 7) is 9.75. The Bertz CT molecular complexity index is 267. The number of hydrogen-bond donors (Lipinski definition) is 1. The fourth-order valence-electron chi connectivity index (χ4n) is 1.49. The van der Waals surface area contributed by atoms with E-state index in [2.05, 4.69) is 24.4 Å². The first-order chi connectivity index (χ1) is 8.39. The minimum atomic E-state index is -0.484. The van der Waals surface area contributed by atoms with Crippen LogP contribution in [0.3, 0.4) is 0 Å². The van der Waals surface area contributed by atoms with Crippen molar-refractivity contribution in [2.24, 2.45) is 5.10 Å². The second-order valence-corrected chi connectivity index (χ2v) is 5.46. The topological polar surface area (TPSA) is 50.7 Å². The summed E-state index contributed by atoms with van der Waals surface area (Å²) in [6, 6.07) is 0. The molecule has 0 radical (unpaired) electrons. The smallest absolute Gasteiger partial charge is 0.428 e. The molecule has 0 aliphatic heterocycles. The lowest BCUT2D eigenvalue weighted by atomic mass is 10.1. The van der Waals surface area contributed by atoms with Gasteiger partial charge in [0.15, 0.2) is 0 Å². The van der Waals surface area contributed by atoms with Gasteiger partial charge < -0.3 is 4.74 Å². The molecule has 0 unspecified atom stereocenters. The number of amides is 1. The summed E-state index contributed by atoms with van der Waals surface area (Å²) in [5.74, 6) is 0. The third kappa shape index (κ3) is 10.1. The van der Waals surface area contributed by atoms with E-state index < -0.39 is 11.7 Å². The fraction of sp³-hybridized carbons (Fsp3) is 0.857. The molecule has 0 aliphatic rings. The van der Waals surface area contributed by atoms with Crippen LogP contribution >= 0.6 is 0 Å². The maximum atomic E-state index is 11.4. The van der Waals surface area contributed by atoms with Gasteiger partial charge in [-0.15, -0.1) is 0 Å². The van der Waals surface area contributed by atoms with Gasteiger partial charge in [0.2, 0.25) is 0 Å². The van der Waals surface area contributed by atoms with Gasteiger partial charge in [0, 0.05) is 5.71 Å². The quantitative estimate of drug-likeness (QED) is 0.420. The zero-order valence-electron chi connectivity index (χ0n) is 12.5. The Labute approximate surface area is 111 Å². The van der Waals surface area contributed by atoms with E-state index in [1.54, 1.807) is 0 Å². The first-order valence-corrected chi connectivity index (χ1v) is 6.93. The van der Waals surface area contributed by atoms with Crippen LogP contribution in [0, 0.1) is 0 Å². The molecule has 0 aliphatic carbocycles. The number of carbonyl (C=O) groups excluding carboxylic acids is 1. The highest BCUT2D eigenvalue weighted by Crippen LogP contribution is 2.07. The maximum absolute atomic E-state index is 11.4. The van der Waals surface area contributed by atoms with Gasteiger partial charge in [-0.05, 0) is 40.0 Å². The minimum absolute atomic E-state index is 0.479. The molecule has 18 heavy (non-hydrogen) atoms. The highest BCUT2D eigenvalue weighted by atomic mass is 16.6. The van der Waals surface area contributed by atoms with Crippen molar-refractivity contribution in [2.45, 2.75) is 78.7 Å². The number of hydrogen-bond acceptors (Lipinski definition) is 3. The molecule has 0 saturated carbocycles. The van der Waals surface area contributed by atoms with Crippen LogP contribution in [0.1, 0.15) is 73.1 Å². The number of ether oxygens (including phenoxy) is 1. The summed E-state index contributed by atoms with van der Waals surface area (Å²) in [7, 11) is 0. The van der Waals surface area contributed by atoms with E-state index in [0.717, 1.165) is 25.0 Å². The molecule has 0 saturated heterocycles. The molecule has 106 valence electrons. The largest absolute Gasteiger partial charge is 0.443 e. The Morgan fingerprint density at radius 3 is 2.33 bits per heavy atom. The zero-order chi connectivity index (χ0) is 14.0. The maximum Gasteiger partial charge on any atom is 0.428 e. The van der Waals surface area contributed by atoms with E-state index in [1.165, 1.54) is 19.3 Å². The predicted molar refractivity (Wildman–Crippen MR) is 75.9 cm³/mol. The summed E-state index contributed by atoms with van der Waals surface area (Å²) < 4.78 is 5.12. The molecule has 0 atom stereocenters. The van der Waals surface area contributed by atoms with E-state index in [1.807, 2.05) is 20.8 Å². The van der Waals surface area contributed by atoms with Crippen molar-refractivity contribution in [1.29, 1.82) is 0 Å². The lowest BCUT2D eigenvalue weighted by molar-refractivity contribution is 0.0529. The van der Waals surface area contributed by atoms with Crippen molar-refractivity contribution in [3.8, 4) is 0 Å². The number of nitrogens with zero attached hydrogens (tertiary/aromatic N) is 1. The fourth-order valence-corrected chi connectivity index (χ4v) is 1.49. The van der Waals surface area contributed by atoms with Gasteiger partial charge >= 0.3 is 6.09 Å². The highest BCUT2D eigenvalue weighted by Gasteiger charge is 2.15. The van der Waals surface area contributed by atoms with Gasteiger partial charge in [0.25, 0.3) is 0 Å². The van der Waals surface area contributed by atoms with Crippen molar-refractivity contribution in [3.05, 3.63) is 0 Å². The van der Waals surface area contributed by atoms with Crippen molar-refractivity contribution in [3.63, 3.8) is 0 Å². The van der Waals surface area contributed by atoms with Crippen LogP contribution in [0.2, 0.25) is 0 Å². The van der Waals surface area contributed by atoms with Crippen LogP contribution in [0.4, 0.5) is 4.79 Å². The van der Waals surface area contributed by atoms with Gasteiger partial charge in [-0.3, -0.25) is 0 Å². The zero-order valence-corrected chi connectivity index (χ0v) is 12.5. The van der Waals surface area contributed by atoms with Crippen LogP contribution < -0.4 is 5.43 Å². The monoisotopic (exact) mass is 256 g/mol. The van der Waals surface area contributed by atoms with Crippen LogP contribution in [0.15, 0.2) is 5.10 Å². The number of rotatable bonds is 7. The second-order valence-electron chi connectivity index (χ2n) is 5.46. The van der Waals surface area contributed by atoms with Crippen molar-refractivity contribution < 1.29 is 9.53 Å². The van der Waals surface area contributed by atoms with Gasteiger partial charge in [-0.1, -0.05) is 33.1 Å². The normalized spacial score (nSPS) is 12.4. The average Bonchev–Trinajstić information content (AvgIpc) is 2.26. The van der Waals surface area contributed by atoms with E-state index >= 15 is 0 Å². The molecule has 0 aromatic rings. The summed E-state index contributed by atoms with van der Waals surface area (Å²) in [6.07, 6.45) is 6.18. The summed E-state index contributed by atoms with van der Waals surface area (Å²) >= 11 is 0. The van der Waals surface area contributed by atoms with Crippen LogP contribution in [0.5, 0.6) is 0 Å². The van der Waals surface area contributed by atoms with E-state index in [4.69, 9.17) is 4.74 Å². The van der Waals surface area contributed by atoms with Crippen LogP contribution in [0.25, 0.3) is 0 Å². The molecule has 0 heterocycles. The highest BCUT2D eigenvalue weighted by molar-refractivity contribution is 5.85. The third-order valence-electron chi connectivity index (χ3n) is 2.43. The van der Waals surface area contributed by atoms with Gasteiger partial charge in [0.05, 0.1) is 0 Å². The lowest BCUT2D eigenvalue weighted by Gasteiger charge is -2.18. The predicted octanol–water partition coefficient (Wildman–Crippen LogP) is 4.25. The van der Waals surface area contributed by atoms with Gasteiger partial charge in [0.1, 0.15) is 5.60 Å². The molecule has 4 nitrogen and oxygen atoms in total. The summed E-state index contributed by atoms with van der Waals surface area (Å²) in [4.78, 5) is 11.4. The van der Waals surface area contributed by atoms with E-state index in [9.17, 15) is 4.79 Å². The molecule has 0 fully saturated rings. The SMILES string of the molecule is CCCCCCC(CC)=NNC(=O)OC(C)(C)C. The molecular formula is C14H28N2O2. The Balaban J connectivity index is 3.99. The average molecular weight is 256 g/mol. The van der Waals surface area contributed by atoms with Crippen molar-refractivity contribution in [1.82, 2.24) is 5.43 Å². The van der Waals surface area contributed by atoms with Gasteiger partial charge in [-0.2, -0.15) is 5.10 Å². The second kappa shape index (κ2) is 8.95. The van der Waals surface area contributed by atoms with Crippen molar-refractivity contribution >= 4 is 11.8 Å². The Morgan fingerprint density at radius 1 is 1.17 bits per heavy atom. The first kappa shape index (κ1) is 16.9. The Morgan fingerprint density at radius 2 is 1.83 bits per heavy atom. The third-order valence-corrected chi connectivity index (χ3v) is 2.43. The van der Waals surface area contributed by atoms with E-state index in [-0.39, 0.29) is 0 Å². The Kier molecular flexibility index (Phi) is 8.42. The van der Waals surface area contributed by atoms with E-state index in [0.29, 0.717) is 0 Å². The lowest BCUT2D eigenvalue weighted by Crippen LogP contribution is -2.30. The number of unbranched alkanes of at least 4 members (excludes halogenated alkanes) is 3. The molecule has 1 N–H and O–H groups in total. The molecule has 0 bridgehead atoms. The molecule has 0 aromatic carbocycles. The summed E-state index contributed by atoms with van der Waals surface area (Å²) in [5, 5.41) is 4.12. The van der Waals surface area contributed by atoms with Crippen LogP contribution in [-0.4, -0.2) is 17.4 Å².